The van der Waals surface area contributed by atoms with Crippen molar-refractivity contribution in [3.05, 3.63) is 87.4 Å². The predicted octanol–water partition coefficient (Wildman–Crippen LogP) is 6.96. The van der Waals surface area contributed by atoms with Gasteiger partial charge in [-0.2, -0.15) is 0 Å². The van der Waals surface area contributed by atoms with Crippen LogP contribution in [0.3, 0.4) is 0 Å². The third-order valence-corrected chi connectivity index (χ3v) is 9.60. The lowest BCUT2D eigenvalue weighted by Gasteiger charge is -2.34. The van der Waals surface area contributed by atoms with Crippen LogP contribution in [-0.2, 0) is 26.2 Å². The van der Waals surface area contributed by atoms with Gasteiger partial charge in [-0.1, -0.05) is 66.8 Å². The van der Waals surface area contributed by atoms with Crippen molar-refractivity contribution in [2.75, 3.05) is 17.5 Å². The fourth-order valence-electron chi connectivity index (χ4n) is 4.38. The maximum Gasteiger partial charge on any atom is 0.264 e. The zero-order valence-corrected chi connectivity index (χ0v) is 27.6. The first-order chi connectivity index (χ1) is 20.4. The van der Waals surface area contributed by atoms with Gasteiger partial charge in [0.25, 0.3) is 10.0 Å². The van der Waals surface area contributed by atoms with E-state index in [1.807, 2.05) is 13.8 Å². The quantitative estimate of drug-likeness (QED) is 0.200. The Morgan fingerprint density at radius 1 is 0.907 bits per heavy atom. The van der Waals surface area contributed by atoms with Crippen molar-refractivity contribution in [3.63, 3.8) is 0 Å². The largest absolute Gasteiger partial charge is 0.492 e. The van der Waals surface area contributed by atoms with E-state index >= 15 is 0 Å². The second-order valence-electron chi connectivity index (χ2n) is 9.88. The second kappa shape index (κ2) is 15.7. The van der Waals surface area contributed by atoms with Crippen molar-refractivity contribution in [2.24, 2.45) is 0 Å². The average molecular weight is 669 g/mol. The zero-order chi connectivity index (χ0) is 31.7. The lowest BCUT2D eigenvalue weighted by Crippen LogP contribution is -2.53. The summed E-state index contributed by atoms with van der Waals surface area (Å²) in [5.74, 6) is -0.652. The number of hydrogen-bond acceptors (Lipinski definition) is 5. The number of anilines is 1. The SMILES string of the molecule is CCOc1ccccc1N(CC(=O)N(Cc1ccc(Cl)c(Cl)c1)[C@H](CC)C(=O)N[C@H](C)CC)S(=O)(=O)c1ccc(Cl)cc1. The van der Waals surface area contributed by atoms with E-state index in [1.54, 1.807) is 56.3 Å². The van der Waals surface area contributed by atoms with Crippen LogP contribution < -0.4 is 14.4 Å². The predicted molar refractivity (Wildman–Crippen MR) is 173 cm³/mol. The van der Waals surface area contributed by atoms with Gasteiger partial charge in [-0.15, -0.1) is 0 Å². The van der Waals surface area contributed by atoms with Crippen molar-refractivity contribution in [1.82, 2.24) is 10.2 Å². The molecule has 0 aromatic heterocycles. The number of benzene rings is 3. The molecule has 0 heterocycles. The Labute approximate surface area is 268 Å². The highest BCUT2D eigenvalue weighted by molar-refractivity contribution is 7.92. The Kier molecular flexibility index (Phi) is 12.6. The van der Waals surface area contributed by atoms with Gasteiger partial charge in [0, 0.05) is 17.6 Å². The summed E-state index contributed by atoms with van der Waals surface area (Å²) in [6, 6.07) is 16.2. The molecule has 12 heteroatoms. The summed E-state index contributed by atoms with van der Waals surface area (Å²) >= 11 is 18.4. The van der Waals surface area contributed by atoms with Crippen molar-refractivity contribution in [3.8, 4) is 5.75 Å². The highest BCUT2D eigenvalue weighted by atomic mass is 35.5. The lowest BCUT2D eigenvalue weighted by molar-refractivity contribution is -0.140. The van der Waals surface area contributed by atoms with Crippen molar-refractivity contribution >= 4 is 62.3 Å². The smallest absolute Gasteiger partial charge is 0.264 e. The number of para-hydroxylation sites is 2. The molecule has 0 aliphatic heterocycles. The highest BCUT2D eigenvalue weighted by Crippen LogP contribution is 2.33. The van der Waals surface area contributed by atoms with Gasteiger partial charge in [0.1, 0.15) is 18.3 Å². The number of hydrogen-bond donors (Lipinski definition) is 1. The number of nitrogens with one attached hydrogen (secondary N) is 1. The number of carbonyl (C=O) groups is 2. The van der Waals surface area contributed by atoms with Crippen LogP contribution in [0.5, 0.6) is 5.75 Å². The lowest BCUT2D eigenvalue weighted by atomic mass is 10.1. The fourth-order valence-corrected chi connectivity index (χ4v) is 6.25. The summed E-state index contributed by atoms with van der Waals surface area (Å²) in [7, 11) is -4.29. The summed E-state index contributed by atoms with van der Waals surface area (Å²) in [4.78, 5) is 29.0. The van der Waals surface area contributed by atoms with E-state index in [9.17, 15) is 18.0 Å². The Bertz CT molecular complexity index is 1520. The normalized spacial score (nSPS) is 12.7. The summed E-state index contributed by atoms with van der Waals surface area (Å²) in [5, 5.41) is 3.95. The number of amides is 2. The van der Waals surface area contributed by atoms with E-state index in [1.165, 1.54) is 29.2 Å². The summed E-state index contributed by atoms with van der Waals surface area (Å²) in [6.07, 6.45) is 0.985. The van der Waals surface area contributed by atoms with Gasteiger partial charge >= 0.3 is 0 Å². The molecule has 0 bridgehead atoms. The number of nitrogens with zero attached hydrogens (tertiary/aromatic N) is 2. The van der Waals surface area contributed by atoms with Crippen LogP contribution in [0, 0.1) is 0 Å². The van der Waals surface area contributed by atoms with Gasteiger partial charge in [0.05, 0.1) is 27.2 Å². The van der Waals surface area contributed by atoms with Crippen LogP contribution in [-0.4, -0.2) is 50.4 Å². The van der Waals surface area contributed by atoms with Gasteiger partial charge in [-0.3, -0.25) is 13.9 Å². The van der Waals surface area contributed by atoms with Crippen LogP contribution in [0.25, 0.3) is 0 Å². The summed E-state index contributed by atoms with van der Waals surface area (Å²) in [5.41, 5.74) is 0.804. The number of rotatable bonds is 14. The Morgan fingerprint density at radius 2 is 1.58 bits per heavy atom. The molecule has 0 spiro atoms. The molecule has 0 fully saturated rings. The summed E-state index contributed by atoms with van der Waals surface area (Å²) in [6.45, 7) is 7.05. The third-order valence-electron chi connectivity index (χ3n) is 6.84. The van der Waals surface area contributed by atoms with Crippen LogP contribution in [0.4, 0.5) is 5.69 Å². The van der Waals surface area contributed by atoms with E-state index in [0.29, 0.717) is 27.1 Å². The maximum atomic E-state index is 14.3. The number of sulfonamides is 1. The first-order valence-electron chi connectivity index (χ1n) is 14.0. The van der Waals surface area contributed by atoms with Gasteiger partial charge in [-0.25, -0.2) is 8.42 Å². The molecule has 1 N–H and O–H groups in total. The van der Waals surface area contributed by atoms with E-state index in [4.69, 9.17) is 39.5 Å². The zero-order valence-electron chi connectivity index (χ0n) is 24.5. The van der Waals surface area contributed by atoms with Gasteiger partial charge in [0.2, 0.25) is 11.8 Å². The molecule has 3 aromatic rings. The number of ether oxygens (including phenoxy) is 1. The third kappa shape index (κ3) is 8.79. The number of carbonyl (C=O) groups excluding carboxylic acids is 2. The van der Waals surface area contributed by atoms with Crippen molar-refractivity contribution < 1.29 is 22.7 Å². The first-order valence-corrected chi connectivity index (χ1v) is 16.5. The van der Waals surface area contributed by atoms with E-state index in [0.717, 1.165) is 4.31 Å². The molecule has 8 nitrogen and oxygen atoms in total. The van der Waals surface area contributed by atoms with E-state index in [-0.39, 0.29) is 47.9 Å². The fraction of sp³-hybridized carbons (Fsp3) is 0.355. The topological polar surface area (TPSA) is 96.0 Å². The van der Waals surface area contributed by atoms with Gasteiger partial charge < -0.3 is 15.0 Å². The molecule has 232 valence electrons. The van der Waals surface area contributed by atoms with Gasteiger partial charge in [0.15, 0.2) is 0 Å². The van der Waals surface area contributed by atoms with Gasteiger partial charge in [-0.05, 0) is 80.8 Å². The van der Waals surface area contributed by atoms with Crippen LogP contribution in [0.2, 0.25) is 15.1 Å². The molecule has 43 heavy (non-hydrogen) atoms. The maximum absolute atomic E-state index is 14.3. The molecular weight excluding hydrogens is 633 g/mol. The molecule has 0 unspecified atom stereocenters. The molecule has 2 amide bonds. The minimum Gasteiger partial charge on any atom is -0.492 e. The standard InChI is InChI=1S/C31H36Cl3N3O5S/c1-5-21(4)35-31(39)27(6-2)36(19-22-12-17-25(33)26(34)18-22)30(38)20-37(28-10-8-9-11-29(28)42-7-3)43(40,41)24-15-13-23(32)14-16-24/h8-18,21,27H,5-7,19-20H2,1-4H3,(H,35,39)/t21-,27-/m1/s1. The van der Waals surface area contributed by atoms with E-state index < -0.39 is 28.5 Å². The molecule has 0 aliphatic rings. The Balaban J connectivity index is 2.12. The minimum atomic E-state index is -4.29. The van der Waals surface area contributed by atoms with Crippen LogP contribution in [0.1, 0.15) is 46.1 Å². The first kappa shape index (κ1) is 34.5. The van der Waals surface area contributed by atoms with Crippen LogP contribution in [0.15, 0.2) is 71.6 Å². The monoisotopic (exact) mass is 667 g/mol. The van der Waals surface area contributed by atoms with Crippen LogP contribution >= 0.6 is 34.8 Å². The van der Waals surface area contributed by atoms with Crippen molar-refractivity contribution in [2.45, 2.75) is 64.1 Å². The molecular formula is C31H36Cl3N3O5S. The Hall–Kier alpha value is -2.98. The van der Waals surface area contributed by atoms with Crippen molar-refractivity contribution in [1.29, 1.82) is 0 Å². The molecule has 3 aromatic carbocycles. The second-order valence-corrected chi connectivity index (χ2v) is 13.0. The molecule has 0 radical (unpaired) electrons. The molecule has 0 saturated heterocycles. The minimum absolute atomic E-state index is 0.00983. The highest BCUT2D eigenvalue weighted by Gasteiger charge is 2.35. The number of halogens is 3. The average Bonchev–Trinajstić information content (AvgIpc) is 2.98. The van der Waals surface area contributed by atoms with E-state index in [2.05, 4.69) is 5.32 Å². The molecule has 3 rings (SSSR count). The Morgan fingerprint density at radius 3 is 2.19 bits per heavy atom. The molecule has 0 aliphatic carbocycles. The molecule has 0 saturated carbocycles. The molecule has 2 atom stereocenters. The summed E-state index contributed by atoms with van der Waals surface area (Å²) < 4.78 is 35.0.